The molecule has 122 valence electrons. The summed E-state index contributed by atoms with van der Waals surface area (Å²) in [6.45, 7) is 2.13. The van der Waals surface area contributed by atoms with Crippen molar-refractivity contribution in [2.75, 3.05) is 5.32 Å². The number of aryl methyl sites for hydroxylation is 1. The predicted octanol–water partition coefficient (Wildman–Crippen LogP) is 3.85. The van der Waals surface area contributed by atoms with E-state index >= 15 is 0 Å². The number of hydrogen-bond acceptors (Lipinski definition) is 3. The molecule has 2 aromatic carbocycles. The number of nitriles is 1. The molecule has 0 aliphatic rings. The molecule has 0 aliphatic heterocycles. The second-order valence-electron chi connectivity index (χ2n) is 5.43. The van der Waals surface area contributed by atoms with Crippen molar-refractivity contribution in [1.29, 1.82) is 5.26 Å². The fourth-order valence-corrected chi connectivity index (χ4v) is 2.32. The highest BCUT2D eigenvalue weighted by Crippen LogP contribution is 2.16. The van der Waals surface area contributed by atoms with Crippen molar-refractivity contribution in [1.82, 2.24) is 0 Å². The molecular weight excluding hydrogens is 304 g/mol. The molecule has 0 saturated carbocycles. The molecule has 0 atom stereocenters. The van der Waals surface area contributed by atoms with Crippen LogP contribution in [0.1, 0.15) is 51.6 Å². The summed E-state index contributed by atoms with van der Waals surface area (Å²) < 4.78 is 0. The van der Waals surface area contributed by atoms with E-state index in [2.05, 4.69) is 12.2 Å². The van der Waals surface area contributed by atoms with E-state index in [9.17, 15) is 14.7 Å². The van der Waals surface area contributed by atoms with Crippen LogP contribution in [0.25, 0.3) is 0 Å². The lowest BCUT2D eigenvalue weighted by atomic mass is 10.0. The van der Waals surface area contributed by atoms with E-state index < -0.39 is 11.9 Å². The van der Waals surface area contributed by atoms with Gasteiger partial charge < -0.3 is 10.4 Å². The van der Waals surface area contributed by atoms with Gasteiger partial charge in [0.15, 0.2) is 0 Å². The Kier molecular flexibility index (Phi) is 5.69. The second-order valence-corrected chi connectivity index (χ2v) is 5.43. The molecule has 0 bridgehead atoms. The Morgan fingerprint density at radius 1 is 1.12 bits per heavy atom. The summed E-state index contributed by atoms with van der Waals surface area (Å²) in [5.41, 5.74) is 1.83. The van der Waals surface area contributed by atoms with E-state index in [4.69, 9.17) is 5.26 Å². The molecule has 2 rings (SSSR count). The van der Waals surface area contributed by atoms with Gasteiger partial charge in [0.1, 0.15) is 0 Å². The predicted molar refractivity (Wildman–Crippen MR) is 91.1 cm³/mol. The third-order valence-electron chi connectivity index (χ3n) is 3.65. The summed E-state index contributed by atoms with van der Waals surface area (Å²) in [7, 11) is 0. The van der Waals surface area contributed by atoms with Gasteiger partial charge in [-0.05, 0) is 48.7 Å². The van der Waals surface area contributed by atoms with Gasteiger partial charge in [0.2, 0.25) is 0 Å². The number of carboxylic acids is 1. The number of carbonyl (C=O) groups is 2. The fourth-order valence-electron chi connectivity index (χ4n) is 2.32. The van der Waals surface area contributed by atoms with Crippen LogP contribution in [0.3, 0.4) is 0 Å². The smallest absolute Gasteiger partial charge is 0.336 e. The highest BCUT2D eigenvalue weighted by atomic mass is 16.4. The fraction of sp³-hybridized carbons (Fsp3) is 0.211. The number of aromatic carboxylic acids is 1. The number of unbranched alkanes of at least 4 members (excludes halogenated alkanes) is 1. The van der Waals surface area contributed by atoms with Crippen molar-refractivity contribution in [3.63, 3.8) is 0 Å². The van der Waals surface area contributed by atoms with Gasteiger partial charge in [-0.3, -0.25) is 4.79 Å². The second kappa shape index (κ2) is 7.93. The number of hydrogen-bond donors (Lipinski definition) is 2. The number of nitrogens with zero attached hydrogens (tertiary/aromatic N) is 1. The molecule has 2 aromatic rings. The number of benzene rings is 2. The quantitative estimate of drug-likeness (QED) is 0.845. The number of anilines is 1. The van der Waals surface area contributed by atoms with Crippen molar-refractivity contribution in [2.45, 2.75) is 26.2 Å². The van der Waals surface area contributed by atoms with Gasteiger partial charge in [0.25, 0.3) is 5.91 Å². The van der Waals surface area contributed by atoms with Crippen molar-refractivity contribution in [2.24, 2.45) is 0 Å². The number of amides is 1. The molecule has 0 aromatic heterocycles. The van der Waals surface area contributed by atoms with Gasteiger partial charge in [-0.2, -0.15) is 5.26 Å². The monoisotopic (exact) mass is 322 g/mol. The van der Waals surface area contributed by atoms with E-state index in [0.717, 1.165) is 19.3 Å². The van der Waals surface area contributed by atoms with Gasteiger partial charge in [0, 0.05) is 5.69 Å². The van der Waals surface area contributed by atoms with Crippen molar-refractivity contribution >= 4 is 17.6 Å². The van der Waals surface area contributed by atoms with Crippen LogP contribution in [0.2, 0.25) is 0 Å². The van der Waals surface area contributed by atoms with Gasteiger partial charge in [-0.15, -0.1) is 0 Å². The molecular formula is C19H18N2O3. The minimum atomic E-state index is -1.24. The molecule has 0 fully saturated rings. The number of carbonyl (C=O) groups excluding carboxylic acids is 1. The first kappa shape index (κ1) is 17.2. The van der Waals surface area contributed by atoms with Crippen molar-refractivity contribution < 1.29 is 14.7 Å². The lowest BCUT2D eigenvalue weighted by Gasteiger charge is -2.09. The van der Waals surface area contributed by atoms with Crippen LogP contribution >= 0.6 is 0 Å². The molecule has 24 heavy (non-hydrogen) atoms. The molecule has 0 aliphatic carbocycles. The standard InChI is InChI=1S/C19H18N2O3/c1-2-3-4-13-5-8-15(9-6-13)21-18(22)16-10-7-14(12-20)11-17(16)19(23)24/h5-11H,2-4H2,1H3,(H,21,22)(H,23,24). The molecule has 5 heteroatoms. The van der Waals surface area contributed by atoms with Gasteiger partial charge in [-0.25, -0.2) is 4.79 Å². The van der Waals surface area contributed by atoms with Crippen LogP contribution < -0.4 is 5.32 Å². The maximum Gasteiger partial charge on any atom is 0.336 e. The molecule has 2 N–H and O–H groups in total. The Labute approximate surface area is 140 Å². The average molecular weight is 322 g/mol. The lowest BCUT2D eigenvalue weighted by molar-refractivity contribution is 0.0692. The van der Waals surface area contributed by atoms with Crippen LogP contribution in [-0.4, -0.2) is 17.0 Å². The normalized spacial score (nSPS) is 10.0. The SMILES string of the molecule is CCCCc1ccc(NC(=O)c2ccc(C#N)cc2C(=O)O)cc1. The Morgan fingerprint density at radius 2 is 1.83 bits per heavy atom. The zero-order valence-electron chi connectivity index (χ0n) is 13.4. The first-order chi connectivity index (χ1) is 11.5. The zero-order valence-corrected chi connectivity index (χ0v) is 13.4. The summed E-state index contributed by atoms with van der Waals surface area (Å²) in [6, 6.07) is 13.3. The summed E-state index contributed by atoms with van der Waals surface area (Å²) in [5, 5.41) is 20.8. The lowest BCUT2D eigenvalue weighted by Crippen LogP contribution is -2.16. The van der Waals surface area contributed by atoms with Crippen LogP contribution in [0.4, 0.5) is 5.69 Å². The van der Waals surface area contributed by atoms with E-state index in [1.54, 1.807) is 12.1 Å². The Balaban J connectivity index is 2.18. The summed E-state index contributed by atoms with van der Waals surface area (Å²) in [5.74, 6) is -1.76. The van der Waals surface area contributed by atoms with Gasteiger partial charge in [0.05, 0.1) is 22.8 Å². The molecule has 0 unspecified atom stereocenters. The number of nitrogens with one attached hydrogen (secondary N) is 1. The molecule has 0 radical (unpaired) electrons. The molecule has 1 amide bonds. The molecule has 0 heterocycles. The van der Waals surface area contributed by atoms with Crippen LogP contribution in [-0.2, 0) is 6.42 Å². The number of rotatable bonds is 6. The Bertz CT molecular complexity index is 789. The van der Waals surface area contributed by atoms with E-state index in [1.165, 1.54) is 23.8 Å². The minimum Gasteiger partial charge on any atom is -0.478 e. The van der Waals surface area contributed by atoms with Crippen molar-refractivity contribution in [3.05, 3.63) is 64.7 Å². The van der Waals surface area contributed by atoms with Gasteiger partial charge in [-0.1, -0.05) is 25.5 Å². The summed E-state index contributed by atoms with van der Waals surface area (Å²) in [6.07, 6.45) is 3.22. The van der Waals surface area contributed by atoms with Crippen LogP contribution in [0, 0.1) is 11.3 Å². The molecule has 0 spiro atoms. The molecule has 0 saturated heterocycles. The van der Waals surface area contributed by atoms with Crippen LogP contribution in [0.15, 0.2) is 42.5 Å². The molecule has 5 nitrogen and oxygen atoms in total. The van der Waals surface area contributed by atoms with E-state index in [0.29, 0.717) is 5.69 Å². The largest absolute Gasteiger partial charge is 0.478 e. The van der Waals surface area contributed by atoms with E-state index in [1.807, 2.05) is 18.2 Å². The summed E-state index contributed by atoms with van der Waals surface area (Å²) >= 11 is 0. The third kappa shape index (κ3) is 4.20. The summed E-state index contributed by atoms with van der Waals surface area (Å²) in [4.78, 5) is 23.6. The highest BCUT2D eigenvalue weighted by Gasteiger charge is 2.17. The van der Waals surface area contributed by atoms with Crippen LogP contribution in [0.5, 0.6) is 0 Å². The number of carboxylic acid groups (broad SMARTS) is 1. The maximum absolute atomic E-state index is 12.3. The first-order valence-corrected chi connectivity index (χ1v) is 7.73. The third-order valence-corrected chi connectivity index (χ3v) is 3.65. The first-order valence-electron chi connectivity index (χ1n) is 7.73. The van der Waals surface area contributed by atoms with E-state index in [-0.39, 0.29) is 16.7 Å². The Hall–Kier alpha value is -3.13. The maximum atomic E-state index is 12.3. The average Bonchev–Trinajstić information content (AvgIpc) is 2.60. The zero-order chi connectivity index (χ0) is 17.5. The topological polar surface area (TPSA) is 90.2 Å². The Morgan fingerprint density at radius 3 is 2.42 bits per heavy atom. The highest BCUT2D eigenvalue weighted by molar-refractivity contribution is 6.10. The van der Waals surface area contributed by atoms with Gasteiger partial charge >= 0.3 is 5.97 Å². The minimum absolute atomic E-state index is 0.0246. The van der Waals surface area contributed by atoms with Crippen molar-refractivity contribution in [3.8, 4) is 6.07 Å².